The van der Waals surface area contributed by atoms with E-state index in [1.54, 1.807) is 0 Å². The molecule has 5 nitrogen and oxygen atoms in total. The summed E-state index contributed by atoms with van der Waals surface area (Å²) in [6.07, 6.45) is 0. The van der Waals surface area contributed by atoms with Crippen LogP contribution in [-0.4, -0.2) is 15.4 Å². The van der Waals surface area contributed by atoms with E-state index in [1.165, 1.54) is 0 Å². The van der Waals surface area contributed by atoms with Gasteiger partial charge in [-0.25, -0.2) is 9.98 Å². The summed E-state index contributed by atoms with van der Waals surface area (Å²) in [5, 5.41) is 18.4. The van der Waals surface area contributed by atoms with Crippen LogP contribution in [-0.2, 0) is 0 Å². The van der Waals surface area contributed by atoms with E-state index in [0.717, 1.165) is 111 Å². The molecule has 0 amide bonds. The largest absolute Gasteiger partial charge is 0.248 e. The van der Waals surface area contributed by atoms with E-state index in [2.05, 4.69) is 169 Å². The smallest absolute Gasteiger partial charge is 0.105 e. The van der Waals surface area contributed by atoms with Crippen LogP contribution in [0, 0.1) is 10.4 Å². The standard InChI is InChI=1S/C51H31N5/c1-4-16-32(17-5-1)35-22-10-11-24-38(35)46-49(34-20-8-3-9-21-34)54-56-55-51(46)40-26-13-12-25-39(40)45-36(33-18-6-2-7-19-33)28-30-43-47(45)48-44(52-43)31-29-41-37-23-14-15-27-42(37)53-50(41)48/h1-31H. The lowest BCUT2D eigenvalue weighted by molar-refractivity contribution is 0.879. The summed E-state index contributed by atoms with van der Waals surface area (Å²) >= 11 is 0. The number of rotatable bonds is 6. The lowest BCUT2D eigenvalue weighted by Crippen LogP contribution is -2.03. The molecule has 0 fully saturated rings. The van der Waals surface area contributed by atoms with Gasteiger partial charge < -0.3 is 0 Å². The number of para-hydroxylation sites is 1. The Kier molecular flexibility index (Phi) is 7.42. The molecule has 11 rings (SSSR count). The molecule has 260 valence electrons. The van der Waals surface area contributed by atoms with Crippen molar-refractivity contribution >= 4 is 11.4 Å². The van der Waals surface area contributed by atoms with Crippen molar-refractivity contribution in [3.05, 3.63) is 209 Å². The minimum Gasteiger partial charge on any atom is -0.248 e. The number of fused-ring (bicyclic) bond motifs is 6. The number of benzene rings is 8. The molecular weight excluding hydrogens is 683 g/mol. The first-order valence-corrected chi connectivity index (χ1v) is 18.8. The maximum atomic E-state index is 5.25. The molecule has 0 unspecified atom stereocenters. The molecule has 0 N–H and O–H groups in total. The van der Waals surface area contributed by atoms with Crippen LogP contribution < -0.4 is 10.7 Å². The molecule has 0 atom stereocenters. The van der Waals surface area contributed by atoms with Crippen molar-refractivity contribution in [2.75, 3.05) is 0 Å². The van der Waals surface area contributed by atoms with Gasteiger partial charge in [-0.1, -0.05) is 164 Å². The quantitative estimate of drug-likeness (QED) is 0.172. The van der Waals surface area contributed by atoms with Gasteiger partial charge in [0.05, 0.1) is 22.1 Å². The predicted molar refractivity (Wildman–Crippen MR) is 224 cm³/mol. The Hall–Kier alpha value is -7.63. The van der Waals surface area contributed by atoms with Gasteiger partial charge >= 0.3 is 0 Å². The Balaban J connectivity index is 1.24. The van der Waals surface area contributed by atoms with Gasteiger partial charge in [0, 0.05) is 43.8 Å². The highest BCUT2D eigenvalue weighted by Crippen LogP contribution is 2.52. The Labute approximate surface area is 323 Å². The molecule has 56 heavy (non-hydrogen) atoms. The number of hydrogen-bond donors (Lipinski definition) is 0. The van der Waals surface area contributed by atoms with Crippen LogP contribution in [0.4, 0.5) is 11.4 Å². The highest BCUT2D eigenvalue weighted by atomic mass is 15.3. The molecule has 0 saturated carbocycles. The molecule has 0 radical (unpaired) electrons. The van der Waals surface area contributed by atoms with Crippen LogP contribution in [0.3, 0.4) is 0 Å². The second-order valence-corrected chi connectivity index (χ2v) is 14.0. The summed E-state index contributed by atoms with van der Waals surface area (Å²) in [5.74, 6) is 0. The molecule has 5 heteroatoms. The first kappa shape index (κ1) is 31.9. The van der Waals surface area contributed by atoms with Crippen molar-refractivity contribution in [2.24, 2.45) is 9.98 Å². The van der Waals surface area contributed by atoms with Crippen LogP contribution in [0.1, 0.15) is 0 Å². The van der Waals surface area contributed by atoms with Crippen LogP contribution >= 0.6 is 0 Å². The van der Waals surface area contributed by atoms with Gasteiger partial charge in [-0.15, -0.1) is 10.2 Å². The van der Waals surface area contributed by atoms with Crippen molar-refractivity contribution in [1.82, 2.24) is 15.4 Å². The van der Waals surface area contributed by atoms with E-state index in [0.29, 0.717) is 0 Å². The van der Waals surface area contributed by atoms with Gasteiger partial charge in [-0.2, -0.15) is 0 Å². The zero-order valence-electron chi connectivity index (χ0n) is 30.1. The van der Waals surface area contributed by atoms with E-state index >= 15 is 0 Å². The molecule has 0 spiro atoms. The summed E-state index contributed by atoms with van der Waals surface area (Å²) in [5.41, 5.74) is 15.9. The minimum atomic E-state index is 0.750. The average molecular weight is 714 g/mol. The van der Waals surface area contributed by atoms with Gasteiger partial charge in [0.1, 0.15) is 11.4 Å². The van der Waals surface area contributed by atoms with Gasteiger partial charge in [0.15, 0.2) is 0 Å². The normalized spacial score (nSPS) is 11.9. The Bertz CT molecular complexity index is 3240. The molecule has 2 aliphatic heterocycles. The van der Waals surface area contributed by atoms with Gasteiger partial charge in [-0.3, -0.25) is 0 Å². The summed E-state index contributed by atoms with van der Waals surface area (Å²) in [6.45, 7) is 0. The van der Waals surface area contributed by atoms with Gasteiger partial charge in [0.25, 0.3) is 0 Å². The predicted octanol–water partition coefficient (Wildman–Crippen LogP) is 11.4. The van der Waals surface area contributed by atoms with E-state index < -0.39 is 0 Å². The fourth-order valence-electron chi connectivity index (χ4n) is 8.42. The third-order valence-corrected chi connectivity index (χ3v) is 10.9. The van der Waals surface area contributed by atoms with Crippen LogP contribution in [0.25, 0.3) is 78.1 Å². The first-order chi connectivity index (χ1) is 27.8. The molecule has 2 aliphatic rings. The van der Waals surface area contributed by atoms with E-state index in [4.69, 9.17) is 20.2 Å². The number of aromatic nitrogens is 3. The molecule has 0 aliphatic carbocycles. The molecular formula is C51H31N5. The SMILES string of the molecule is c1ccc(-c2ccccc2-c2c(-c3ccccc3)nnnc2-c2ccccc2-c2c(-c3ccccc3)ccc3c2-c2c4c(ccc2=N3)=c2ccccc2=N4)cc1. The topological polar surface area (TPSA) is 63.4 Å². The zero-order chi connectivity index (χ0) is 37.0. The third kappa shape index (κ3) is 5.06. The monoisotopic (exact) mass is 713 g/mol. The summed E-state index contributed by atoms with van der Waals surface area (Å²) in [6, 6.07) is 65.6. The molecule has 3 heterocycles. The van der Waals surface area contributed by atoms with Crippen molar-refractivity contribution in [3.63, 3.8) is 0 Å². The van der Waals surface area contributed by atoms with Gasteiger partial charge in [0.2, 0.25) is 0 Å². The second kappa shape index (κ2) is 13.0. The van der Waals surface area contributed by atoms with Gasteiger partial charge in [-0.05, 0) is 62.9 Å². The maximum absolute atomic E-state index is 5.25. The molecule has 8 aromatic carbocycles. The summed E-state index contributed by atoms with van der Waals surface area (Å²) in [4.78, 5) is 10.5. The van der Waals surface area contributed by atoms with E-state index in [1.807, 2.05) is 24.3 Å². The molecule has 1 aromatic heterocycles. The Morgan fingerprint density at radius 2 is 0.857 bits per heavy atom. The Morgan fingerprint density at radius 3 is 1.59 bits per heavy atom. The second-order valence-electron chi connectivity index (χ2n) is 14.0. The van der Waals surface area contributed by atoms with Crippen LogP contribution in [0.5, 0.6) is 0 Å². The maximum Gasteiger partial charge on any atom is 0.105 e. The third-order valence-electron chi connectivity index (χ3n) is 10.9. The molecule has 0 bridgehead atoms. The average Bonchev–Trinajstić information content (AvgIpc) is 3.85. The highest BCUT2D eigenvalue weighted by molar-refractivity contribution is 6.08. The zero-order valence-corrected chi connectivity index (χ0v) is 30.1. The lowest BCUT2D eigenvalue weighted by atomic mass is 9.83. The fraction of sp³-hybridized carbons (Fsp3) is 0. The van der Waals surface area contributed by atoms with E-state index in [-0.39, 0.29) is 0 Å². The molecule has 0 saturated heterocycles. The minimum absolute atomic E-state index is 0.750. The number of nitrogens with zero attached hydrogens (tertiary/aromatic N) is 5. The molecule has 9 aromatic rings. The van der Waals surface area contributed by atoms with Crippen LogP contribution in [0.2, 0.25) is 0 Å². The summed E-state index contributed by atoms with van der Waals surface area (Å²) < 4.78 is 0. The van der Waals surface area contributed by atoms with Crippen LogP contribution in [0.15, 0.2) is 198 Å². The lowest BCUT2D eigenvalue weighted by Gasteiger charge is -2.21. The van der Waals surface area contributed by atoms with Crippen molar-refractivity contribution < 1.29 is 0 Å². The number of hydrogen-bond acceptors (Lipinski definition) is 5. The highest BCUT2D eigenvalue weighted by Gasteiger charge is 2.29. The van der Waals surface area contributed by atoms with Crippen molar-refractivity contribution in [1.29, 1.82) is 0 Å². The van der Waals surface area contributed by atoms with Crippen molar-refractivity contribution in [2.45, 2.75) is 0 Å². The Morgan fingerprint density at radius 1 is 0.286 bits per heavy atom. The van der Waals surface area contributed by atoms with Crippen molar-refractivity contribution in [3.8, 4) is 78.1 Å². The summed E-state index contributed by atoms with van der Waals surface area (Å²) in [7, 11) is 0. The van der Waals surface area contributed by atoms with E-state index in [9.17, 15) is 0 Å². The fourth-order valence-corrected chi connectivity index (χ4v) is 8.42. The first-order valence-electron chi connectivity index (χ1n) is 18.8.